The number of amides is 1. The summed E-state index contributed by atoms with van der Waals surface area (Å²) in [4.78, 5) is 25.7. The maximum atomic E-state index is 13.1. The van der Waals surface area contributed by atoms with Crippen molar-refractivity contribution >= 4 is 11.7 Å². The highest BCUT2D eigenvalue weighted by atomic mass is 16.2. The van der Waals surface area contributed by atoms with Gasteiger partial charge in [0, 0.05) is 17.7 Å². The van der Waals surface area contributed by atoms with Crippen molar-refractivity contribution in [3.05, 3.63) is 107 Å². The molecule has 0 aliphatic heterocycles. The van der Waals surface area contributed by atoms with E-state index in [4.69, 9.17) is 0 Å². The van der Waals surface area contributed by atoms with Gasteiger partial charge in [0.15, 0.2) is 5.78 Å². The Morgan fingerprint density at radius 1 is 0.724 bits per heavy atom. The summed E-state index contributed by atoms with van der Waals surface area (Å²) in [6.07, 6.45) is 3.96. The van der Waals surface area contributed by atoms with Gasteiger partial charge >= 0.3 is 0 Å². The number of carbonyl (C=O) groups excluding carboxylic acids is 2. The van der Waals surface area contributed by atoms with Crippen LogP contribution in [0.3, 0.4) is 0 Å². The van der Waals surface area contributed by atoms with Crippen molar-refractivity contribution in [2.45, 2.75) is 37.6 Å². The van der Waals surface area contributed by atoms with Crippen molar-refractivity contribution in [1.82, 2.24) is 5.32 Å². The standard InChI is InChI=1S/C26H25NO2/c28-24(21-9-3-1-4-10-21)22-15-13-20(14-16-22)19-27-25(29)26(17-7-8-18-26)23-11-5-2-6-12-23/h1-6,9-16H,7-8,17-19H2,(H,27,29). The van der Waals surface area contributed by atoms with E-state index in [0.717, 1.165) is 36.8 Å². The van der Waals surface area contributed by atoms with Crippen LogP contribution in [0.15, 0.2) is 84.9 Å². The fraction of sp³-hybridized carbons (Fsp3) is 0.231. The zero-order chi connectivity index (χ0) is 20.1. The molecule has 1 fully saturated rings. The lowest BCUT2D eigenvalue weighted by Crippen LogP contribution is -2.42. The molecule has 1 amide bonds. The molecule has 1 saturated carbocycles. The molecule has 146 valence electrons. The number of benzene rings is 3. The molecule has 3 aromatic rings. The zero-order valence-corrected chi connectivity index (χ0v) is 16.4. The molecule has 0 unspecified atom stereocenters. The molecular formula is C26H25NO2. The van der Waals surface area contributed by atoms with Crippen LogP contribution in [0.1, 0.15) is 52.7 Å². The predicted octanol–water partition coefficient (Wildman–Crippen LogP) is 5.05. The van der Waals surface area contributed by atoms with E-state index in [2.05, 4.69) is 17.4 Å². The third-order valence-electron chi connectivity index (χ3n) is 5.92. The number of rotatable bonds is 6. The minimum absolute atomic E-state index is 0.00942. The highest BCUT2D eigenvalue weighted by Gasteiger charge is 2.42. The second-order valence-corrected chi connectivity index (χ2v) is 7.73. The second kappa shape index (κ2) is 8.44. The summed E-state index contributed by atoms with van der Waals surface area (Å²) in [5, 5.41) is 3.14. The summed E-state index contributed by atoms with van der Waals surface area (Å²) in [5.74, 6) is 0.112. The summed E-state index contributed by atoms with van der Waals surface area (Å²) in [6.45, 7) is 0.466. The minimum atomic E-state index is -0.412. The van der Waals surface area contributed by atoms with Gasteiger partial charge in [-0.15, -0.1) is 0 Å². The first-order chi connectivity index (χ1) is 14.2. The van der Waals surface area contributed by atoms with Gasteiger partial charge in [0.25, 0.3) is 0 Å². The van der Waals surface area contributed by atoms with Crippen molar-refractivity contribution in [2.75, 3.05) is 0 Å². The molecule has 0 radical (unpaired) electrons. The lowest BCUT2D eigenvalue weighted by molar-refractivity contribution is -0.126. The van der Waals surface area contributed by atoms with Gasteiger partial charge in [0.2, 0.25) is 5.91 Å². The Balaban J connectivity index is 1.43. The summed E-state index contributed by atoms with van der Waals surface area (Å²) >= 11 is 0. The van der Waals surface area contributed by atoms with Crippen LogP contribution in [0, 0.1) is 0 Å². The highest BCUT2D eigenvalue weighted by Crippen LogP contribution is 2.41. The maximum Gasteiger partial charge on any atom is 0.230 e. The summed E-state index contributed by atoms with van der Waals surface area (Å²) in [7, 11) is 0. The highest BCUT2D eigenvalue weighted by molar-refractivity contribution is 6.08. The van der Waals surface area contributed by atoms with Crippen molar-refractivity contribution in [3.8, 4) is 0 Å². The molecule has 0 saturated heterocycles. The molecule has 1 aliphatic rings. The van der Waals surface area contributed by atoms with Gasteiger partial charge in [-0.25, -0.2) is 0 Å². The van der Waals surface area contributed by atoms with Crippen LogP contribution in [0.2, 0.25) is 0 Å². The monoisotopic (exact) mass is 383 g/mol. The lowest BCUT2D eigenvalue weighted by Gasteiger charge is -2.28. The first-order valence-corrected chi connectivity index (χ1v) is 10.2. The Labute approximate surface area is 171 Å². The molecule has 0 atom stereocenters. The molecular weight excluding hydrogens is 358 g/mol. The predicted molar refractivity (Wildman–Crippen MR) is 115 cm³/mol. The van der Waals surface area contributed by atoms with Crippen LogP contribution in [0.25, 0.3) is 0 Å². The van der Waals surface area contributed by atoms with Gasteiger partial charge in [-0.1, -0.05) is 97.8 Å². The van der Waals surface area contributed by atoms with Gasteiger partial charge in [-0.05, 0) is 24.0 Å². The van der Waals surface area contributed by atoms with E-state index in [0.29, 0.717) is 17.7 Å². The third-order valence-corrected chi connectivity index (χ3v) is 5.92. The van der Waals surface area contributed by atoms with E-state index >= 15 is 0 Å². The Kier molecular flexibility index (Phi) is 5.57. The van der Waals surface area contributed by atoms with Gasteiger partial charge in [0.05, 0.1) is 5.41 Å². The fourth-order valence-corrected chi connectivity index (χ4v) is 4.26. The molecule has 4 rings (SSSR count). The van der Waals surface area contributed by atoms with E-state index in [1.54, 1.807) is 0 Å². The molecule has 29 heavy (non-hydrogen) atoms. The average Bonchev–Trinajstić information content (AvgIpc) is 3.30. The van der Waals surface area contributed by atoms with Crippen molar-refractivity contribution in [3.63, 3.8) is 0 Å². The van der Waals surface area contributed by atoms with Crippen LogP contribution in [-0.4, -0.2) is 11.7 Å². The maximum absolute atomic E-state index is 13.1. The Hall–Kier alpha value is -3.20. The minimum Gasteiger partial charge on any atom is -0.351 e. The first-order valence-electron chi connectivity index (χ1n) is 10.2. The molecule has 1 N–H and O–H groups in total. The SMILES string of the molecule is O=C(c1ccccc1)c1ccc(CNC(=O)C2(c3ccccc3)CCCC2)cc1. The van der Waals surface area contributed by atoms with E-state index in [-0.39, 0.29) is 11.7 Å². The quantitative estimate of drug-likeness (QED) is 0.606. The Morgan fingerprint density at radius 2 is 1.28 bits per heavy atom. The molecule has 0 heterocycles. The Bertz CT molecular complexity index is 972. The smallest absolute Gasteiger partial charge is 0.230 e. The molecule has 3 aromatic carbocycles. The molecule has 0 bridgehead atoms. The van der Waals surface area contributed by atoms with E-state index in [1.807, 2.05) is 72.8 Å². The van der Waals surface area contributed by atoms with Crippen LogP contribution in [0.4, 0.5) is 0 Å². The second-order valence-electron chi connectivity index (χ2n) is 7.73. The normalized spacial score (nSPS) is 15.0. The number of ketones is 1. The van der Waals surface area contributed by atoms with Gasteiger partial charge in [-0.2, -0.15) is 0 Å². The topological polar surface area (TPSA) is 46.2 Å². The van der Waals surface area contributed by atoms with Gasteiger partial charge in [-0.3, -0.25) is 9.59 Å². The number of carbonyl (C=O) groups is 2. The third kappa shape index (κ3) is 4.00. The number of hydrogen-bond acceptors (Lipinski definition) is 2. The largest absolute Gasteiger partial charge is 0.351 e. The Morgan fingerprint density at radius 3 is 1.90 bits per heavy atom. The van der Waals surface area contributed by atoms with Gasteiger partial charge < -0.3 is 5.32 Å². The molecule has 3 heteroatoms. The van der Waals surface area contributed by atoms with Gasteiger partial charge in [0.1, 0.15) is 0 Å². The fourth-order valence-electron chi connectivity index (χ4n) is 4.26. The molecule has 0 aromatic heterocycles. The first kappa shape index (κ1) is 19.1. The van der Waals surface area contributed by atoms with E-state index in [9.17, 15) is 9.59 Å². The summed E-state index contributed by atoms with van der Waals surface area (Å²) in [5.41, 5.74) is 3.02. The summed E-state index contributed by atoms with van der Waals surface area (Å²) in [6, 6.07) is 26.9. The molecule has 1 aliphatic carbocycles. The van der Waals surface area contributed by atoms with Crippen LogP contribution in [-0.2, 0) is 16.8 Å². The van der Waals surface area contributed by atoms with E-state index in [1.165, 1.54) is 0 Å². The summed E-state index contributed by atoms with van der Waals surface area (Å²) < 4.78 is 0. The molecule has 3 nitrogen and oxygen atoms in total. The van der Waals surface area contributed by atoms with Crippen LogP contribution < -0.4 is 5.32 Å². The number of hydrogen-bond donors (Lipinski definition) is 1. The molecule has 0 spiro atoms. The van der Waals surface area contributed by atoms with Crippen molar-refractivity contribution < 1.29 is 9.59 Å². The van der Waals surface area contributed by atoms with Crippen molar-refractivity contribution in [1.29, 1.82) is 0 Å². The van der Waals surface area contributed by atoms with Crippen molar-refractivity contribution in [2.24, 2.45) is 0 Å². The lowest BCUT2D eigenvalue weighted by atomic mass is 9.78. The van der Waals surface area contributed by atoms with Crippen LogP contribution >= 0.6 is 0 Å². The average molecular weight is 383 g/mol. The zero-order valence-electron chi connectivity index (χ0n) is 16.4. The van der Waals surface area contributed by atoms with E-state index < -0.39 is 5.41 Å². The number of nitrogens with one attached hydrogen (secondary N) is 1. The van der Waals surface area contributed by atoms with Crippen LogP contribution in [0.5, 0.6) is 0 Å².